The molecule has 0 atom stereocenters. The van der Waals surface area contributed by atoms with Gasteiger partial charge in [-0.3, -0.25) is 4.79 Å². The average Bonchev–Trinajstić information content (AvgIpc) is 2.96. The Hall–Kier alpha value is -1.62. The smallest absolute Gasteiger partial charge is 0.331 e. The summed E-state index contributed by atoms with van der Waals surface area (Å²) in [6.45, 7) is -0.204. The Kier molecular flexibility index (Phi) is 3.93. The maximum Gasteiger partial charge on any atom is 0.331 e. The fourth-order valence-corrected chi connectivity index (χ4v) is 1.84. The molecular formula is C12H13NO3S. The highest BCUT2D eigenvalue weighted by molar-refractivity contribution is 7.10. The summed E-state index contributed by atoms with van der Waals surface area (Å²) >= 11 is 1.53. The molecule has 2 rings (SSSR count). The lowest BCUT2D eigenvalue weighted by Gasteiger charge is -2.02. The van der Waals surface area contributed by atoms with Crippen molar-refractivity contribution in [3.63, 3.8) is 0 Å². The molecule has 4 nitrogen and oxygen atoms in total. The van der Waals surface area contributed by atoms with Crippen molar-refractivity contribution < 1.29 is 14.3 Å². The normalized spacial score (nSPS) is 14.8. The van der Waals surface area contributed by atoms with Crippen molar-refractivity contribution in [1.29, 1.82) is 0 Å². The van der Waals surface area contributed by atoms with E-state index < -0.39 is 5.97 Å². The number of hydrogen-bond donors (Lipinski definition) is 1. The fourth-order valence-electron chi connectivity index (χ4n) is 1.22. The van der Waals surface area contributed by atoms with Gasteiger partial charge in [-0.05, 0) is 30.4 Å². The first kappa shape index (κ1) is 11.9. The summed E-state index contributed by atoms with van der Waals surface area (Å²) in [6.07, 6.45) is 5.05. The molecule has 1 heterocycles. The minimum atomic E-state index is -0.496. The highest BCUT2D eigenvalue weighted by Gasteiger charge is 2.23. The molecule has 17 heavy (non-hydrogen) atoms. The molecular weight excluding hydrogens is 238 g/mol. The number of hydrogen-bond acceptors (Lipinski definition) is 4. The molecule has 90 valence electrons. The summed E-state index contributed by atoms with van der Waals surface area (Å²) in [4.78, 5) is 23.5. The molecule has 1 aliphatic carbocycles. The van der Waals surface area contributed by atoms with E-state index >= 15 is 0 Å². The van der Waals surface area contributed by atoms with Crippen molar-refractivity contribution in [2.45, 2.75) is 18.9 Å². The number of ether oxygens (including phenoxy) is 1. The van der Waals surface area contributed by atoms with Gasteiger partial charge in [0.05, 0.1) is 0 Å². The molecule has 0 bridgehead atoms. The van der Waals surface area contributed by atoms with Crippen LogP contribution in [0.2, 0.25) is 0 Å². The molecule has 1 saturated carbocycles. The monoisotopic (exact) mass is 251 g/mol. The summed E-state index contributed by atoms with van der Waals surface area (Å²) in [5, 5.41) is 4.67. The van der Waals surface area contributed by atoms with Crippen LogP contribution >= 0.6 is 11.3 Å². The van der Waals surface area contributed by atoms with E-state index in [4.69, 9.17) is 4.74 Å². The van der Waals surface area contributed by atoms with Gasteiger partial charge in [-0.25, -0.2) is 4.79 Å². The zero-order chi connectivity index (χ0) is 12.1. The van der Waals surface area contributed by atoms with Crippen LogP contribution in [0.1, 0.15) is 17.7 Å². The summed E-state index contributed by atoms with van der Waals surface area (Å²) in [6, 6.07) is 4.09. The SMILES string of the molecule is O=C(COC(=O)C=Cc1cccs1)NC1CC1. The van der Waals surface area contributed by atoms with Gasteiger partial charge in [0.2, 0.25) is 0 Å². The van der Waals surface area contributed by atoms with Crippen molar-refractivity contribution in [2.75, 3.05) is 6.61 Å². The van der Waals surface area contributed by atoms with Gasteiger partial charge in [0.15, 0.2) is 6.61 Å². The minimum Gasteiger partial charge on any atom is -0.452 e. The molecule has 0 aromatic carbocycles. The van der Waals surface area contributed by atoms with Crippen LogP contribution in [-0.4, -0.2) is 24.5 Å². The van der Waals surface area contributed by atoms with Crippen LogP contribution in [0.3, 0.4) is 0 Å². The average molecular weight is 251 g/mol. The van der Waals surface area contributed by atoms with Crippen LogP contribution < -0.4 is 5.32 Å². The second-order valence-corrected chi connectivity index (χ2v) is 4.78. The lowest BCUT2D eigenvalue weighted by atomic mass is 10.4. The van der Waals surface area contributed by atoms with Crippen molar-refractivity contribution in [3.05, 3.63) is 28.5 Å². The van der Waals surface area contributed by atoms with Gasteiger partial charge in [-0.2, -0.15) is 0 Å². The highest BCUT2D eigenvalue weighted by atomic mass is 32.1. The second kappa shape index (κ2) is 5.63. The molecule has 1 aliphatic rings. The topological polar surface area (TPSA) is 55.4 Å². The third-order valence-corrected chi connectivity index (χ3v) is 3.05. The maximum atomic E-state index is 11.3. The van der Waals surface area contributed by atoms with Crippen LogP contribution in [0.5, 0.6) is 0 Å². The number of nitrogens with one attached hydrogen (secondary N) is 1. The highest BCUT2D eigenvalue weighted by Crippen LogP contribution is 2.18. The molecule has 1 aromatic heterocycles. The second-order valence-electron chi connectivity index (χ2n) is 3.80. The van der Waals surface area contributed by atoms with Gasteiger partial charge in [0, 0.05) is 17.0 Å². The van der Waals surface area contributed by atoms with E-state index in [1.54, 1.807) is 6.08 Å². The molecule has 5 heteroatoms. The number of carbonyl (C=O) groups is 2. The van der Waals surface area contributed by atoms with Crippen molar-refractivity contribution in [2.24, 2.45) is 0 Å². The Bertz CT molecular complexity index is 421. The van der Waals surface area contributed by atoms with Crippen LogP contribution in [0.4, 0.5) is 0 Å². The van der Waals surface area contributed by atoms with Crippen LogP contribution in [0, 0.1) is 0 Å². The standard InChI is InChI=1S/C12H13NO3S/c14-11(13-9-3-4-9)8-16-12(15)6-5-10-2-1-7-17-10/h1-2,5-7,9H,3-4,8H2,(H,13,14). The molecule has 0 spiro atoms. The van der Waals surface area contributed by atoms with Gasteiger partial charge in [0.1, 0.15) is 0 Å². The van der Waals surface area contributed by atoms with Crippen molar-refractivity contribution >= 4 is 29.3 Å². The Labute approximate surface area is 103 Å². The Morgan fingerprint density at radius 3 is 3.00 bits per heavy atom. The predicted octanol–water partition coefficient (Wildman–Crippen LogP) is 1.58. The third-order valence-electron chi connectivity index (χ3n) is 2.21. The van der Waals surface area contributed by atoms with Crippen molar-refractivity contribution in [1.82, 2.24) is 5.32 Å². The van der Waals surface area contributed by atoms with Crippen molar-refractivity contribution in [3.8, 4) is 0 Å². The van der Waals surface area contributed by atoms with Gasteiger partial charge < -0.3 is 10.1 Å². The summed E-state index contributed by atoms with van der Waals surface area (Å²) in [7, 11) is 0. The first-order valence-electron chi connectivity index (χ1n) is 5.42. The molecule has 0 radical (unpaired) electrons. The van der Waals surface area contributed by atoms with Crippen LogP contribution in [-0.2, 0) is 14.3 Å². The Balaban J connectivity index is 1.68. The fraction of sp³-hybridized carbons (Fsp3) is 0.333. The number of esters is 1. The Morgan fingerprint density at radius 2 is 2.35 bits per heavy atom. The molecule has 1 fully saturated rings. The zero-order valence-electron chi connectivity index (χ0n) is 9.22. The van der Waals surface area contributed by atoms with E-state index in [1.165, 1.54) is 17.4 Å². The lowest BCUT2D eigenvalue weighted by Crippen LogP contribution is -2.30. The largest absolute Gasteiger partial charge is 0.452 e. The maximum absolute atomic E-state index is 11.3. The summed E-state index contributed by atoms with van der Waals surface area (Å²) < 4.78 is 4.80. The summed E-state index contributed by atoms with van der Waals surface area (Å²) in [5.41, 5.74) is 0. The Morgan fingerprint density at radius 1 is 1.53 bits per heavy atom. The van der Waals surface area contributed by atoms with Gasteiger partial charge in [-0.15, -0.1) is 11.3 Å². The van der Waals surface area contributed by atoms with Gasteiger partial charge in [-0.1, -0.05) is 6.07 Å². The van der Waals surface area contributed by atoms with E-state index in [2.05, 4.69) is 5.32 Å². The number of thiophene rings is 1. The molecule has 0 aliphatic heterocycles. The zero-order valence-corrected chi connectivity index (χ0v) is 10.0. The van der Waals surface area contributed by atoms with E-state index in [0.717, 1.165) is 17.7 Å². The predicted molar refractivity (Wildman–Crippen MR) is 65.5 cm³/mol. The minimum absolute atomic E-state index is 0.204. The van der Waals surface area contributed by atoms with E-state index in [-0.39, 0.29) is 12.5 Å². The first-order valence-corrected chi connectivity index (χ1v) is 6.30. The van der Waals surface area contributed by atoms with Gasteiger partial charge in [0.25, 0.3) is 5.91 Å². The lowest BCUT2D eigenvalue weighted by molar-refractivity contribution is -0.143. The van der Waals surface area contributed by atoms with E-state index in [0.29, 0.717) is 6.04 Å². The van der Waals surface area contributed by atoms with Crippen LogP contribution in [0.15, 0.2) is 23.6 Å². The number of carbonyl (C=O) groups excluding carboxylic acids is 2. The van der Waals surface area contributed by atoms with E-state index in [1.807, 2.05) is 17.5 Å². The third kappa shape index (κ3) is 4.40. The molecule has 1 amide bonds. The quantitative estimate of drug-likeness (QED) is 0.638. The first-order chi connectivity index (χ1) is 8.24. The molecule has 0 unspecified atom stereocenters. The number of amides is 1. The summed E-state index contributed by atoms with van der Waals surface area (Å²) in [5.74, 6) is -0.727. The van der Waals surface area contributed by atoms with Crippen LogP contribution in [0.25, 0.3) is 6.08 Å². The van der Waals surface area contributed by atoms with Gasteiger partial charge >= 0.3 is 5.97 Å². The molecule has 0 saturated heterocycles. The van der Waals surface area contributed by atoms with E-state index in [9.17, 15) is 9.59 Å². The molecule has 1 N–H and O–H groups in total. The molecule has 1 aromatic rings. The number of rotatable bonds is 5.